The van der Waals surface area contributed by atoms with E-state index < -0.39 is 29.6 Å². The first-order chi connectivity index (χ1) is 8.00. The highest BCUT2D eigenvalue weighted by molar-refractivity contribution is 5.73. The molecule has 0 bridgehead atoms. The van der Waals surface area contributed by atoms with Crippen LogP contribution in [0.1, 0.15) is 18.4 Å². The molecular formula is C12H13F2NO2. The van der Waals surface area contributed by atoms with Gasteiger partial charge < -0.3 is 10.4 Å². The van der Waals surface area contributed by atoms with Crippen LogP contribution in [0.3, 0.4) is 0 Å². The number of aliphatic carboxylic acids is 1. The SMILES string of the molecule is Cc1ccc(F)c(NC2CCC2C(=O)O)c1F. The fourth-order valence-corrected chi connectivity index (χ4v) is 1.94. The van der Waals surface area contributed by atoms with Gasteiger partial charge >= 0.3 is 5.97 Å². The molecule has 0 radical (unpaired) electrons. The van der Waals surface area contributed by atoms with E-state index in [9.17, 15) is 13.6 Å². The normalized spacial score (nSPS) is 23.0. The first-order valence-electron chi connectivity index (χ1n) is 5.44. The molecular weight excluding hydrogens is 228 g/mol. The molecule has 0 saturated heterocycles. The van der Waals surface area contributed by atoms with Gasteiger partial charge in [-0.2, -0.15) is 0 Å². The van der Waals surface area contributed by atoms with Crippen LogP contribution in [0.2, 0.25) is 0 Å². The number of carboxylic acids is 1. The highest BCUT2D eigenvalue weighted by Gasteiger charge is 2.37. The summed E-state index contributed by atoms with van der Waals surface area (Å²) in [6.07, 6.45) is 1.16. The third-order valence-electron chi connectivity index (χ3n) is 3.21. The molecule has 17 heavy (non-hydrogen) atoms. The van der Waals surface area contributed by atoms with E-state index in [0.717, 1.165) is 0 Å². The average molecular weight is 241 g/mol. The maximum absolute atomic E-state index is 13.7. The molecule has 2 rings (SSSR count). The number of nitrogens with one attached hydrogen (secondary N) is 1. The fraction of sp³-hybridized carbons (Fsp3) is 0.417. The summed E-state index contributed by atoms with van der Waals surface area (Å²) in [6.45, 7) is 1.54. The van der Waals surface area contributed by atoms with Crippen molar-refractivity contribution in [1.82, 2.24) is 0 Å². The van der Waals surface area contributed by atoms with Gasteiger partial charge in [-0.25, -0.2) is 8.78 Å². The van der Waals surface area contributed by atoms with Crippen molar-refractivity contribution in [2.75, 3.05) is 5.32 Å². The quantitative estimate of drug-likeness (QED) is 0.855. The summed E-state index contributed by atoms with van der Waals surface area (Å²) in [4.78, 5) is 10.8. The molecule has 92 valence electrons. The summed E-state index contributed by atoms with van der Waals surface area (Å²) in [7, 11) is 0. The van der Waals surface area contributed by atoms with Gasteiger partial charge in [-0.3, -0.25) is 4.79 Å². The van der Waals surface area contributed by atoms with Crippen molar-refractivity contribution < 1.29 is 18.7 Å². The summed E-state index contributed by atoms with van der Waals surface area (Å²) in [5, 5.41) is 11.5. The van der Waals surface area contributed by atoms with E-state index in [0.29, 0.717) is 18.4 Å². The minimum Gasteiger partial charge on any atom is -0.481 e. The zero-order valence-electron chi connectivity index (χ0n) is 9.34. The Morgan fingerprint density at radius 1 is 1.41 bits per heavy atom. The van der Waals surface area contributed by atoms with E-state index in [1.54, 1.807) is 0 Å². The van der Waals surface area contributed by atoms with E-state index in [1.807, 2.05) is 0 Å². The van der Waals surface area contributed by atoms with Gasteiger partial charge in [0.05, 0.1) is 5.92 Å². The first-order valence-corrected chi connectivity index (χ1v) is 5.44. The molecule has 1 fully saturated rings. The Hall–Kier alpha value is -1.65. The van der Waals surface area contributed by atoms with Crippen molar-refractivity contribution in [2.24, 2.45) is 5.92 Å². The molecule has 1 saturated carbocycles. The second-order valence-corrected chi connectivity index (χ2v) is 4.33. The van der Waals surface area contributed by atoms with Gasteiger partial charge in [-0.05, 0) is 31.4 Å². The standard InChI is InChI=1S/C12H13F2NO2/c1-6-2-4-8(13)11(10(6)14)15-9-5-3-7(9)12(16)17/h2,4,7,9,15H,3,5H2,1H3,(H,16,17). The number of carbonyl (C=O) groups is 1. The maximum Gasteiger partial charge on any atom is 0.308 e. The predicted octanol–water partition coefficient (Wildman–Crippen LogP) is 2.55. The number of hydrogen-bond acceptors (Lipinski definition) is 2. The molecule has 0 amide bonds. The van der Waals surface area contributed by atoms with Gasteiger partial charge in [0.2, 0.25) is 0 Å². The monoisotopic (exact) mass is 241 g/mol. The second kappa shape index (κ2) is 4.31. The van der Waals surface area contributed by atoms with Crippen molar-refractivity contribution in [3.8, 4) is 0 Å². The fourth-order valence-electron chi connectivity index (χ4n) is 1.94. The lowest BCUT2D eigenvalue weighted by Crippen LogP contribution is -2.43. The van der Waals surface area contributed by atoms with Crippen LogP contribution >= 0.6 is 0 Å². The molecule has 1 aliphatic rings. The number of rotatable bonds is 3. The minimum atomic E-state index is -0.929. The zero-order chi connectivity index (χ0) is 12.6. The highest BCUT2D eigenvalue weighted by Crippen LogP contribution is 2.32. The molecule has 2 N–H and O–H groups in total. The van der Waals surface area contributed by atoms with Crippen molar-refractivity contribution in [2.45, 2.75) is 25.8 Å². The number of benzene rings is 1. The van der Waals surface area contributed by atoms with Crippen LogP contribution in [0.4, 0.5) is 14.5 Å². The Bertz CT molecular complexity index is 462. The van der Waals surface area contributed by atoms with Crippen LogP contribution in [-0.2, 0) is 4.79 Å². The van der Waals surface area contributed by atoms with Crippen molar-refractivity contribution in [1.29, 1.82) is 0 Å². The summed E-state index contributed by atoms with van der Waals surface area (Å²) in [5.74, 6) is -2.83. The number of carboxylic acid groups (broad SMARTS) is 1. The maximum atomic E-state index is 13.7. The van der Waals surface area contributed by atoms with Gasteiger partial charge in [0.25, 0.3) is 0 Å². The Morgan fingerprint density at radius 2 is 2.12 bits per heavy atom. The Morgan fingerprint density at radius 3 is 2.65 bits per heavy atom. The minimum absolute atomic E-state index is 0.221. The molecule has 1 aromatic carbocycles. The smallest absolute Gasteiger partial charge is 0.308 e. The first kappa shape index (κ1) is 11.8. The van der Waals surface area contributed by atoms with Crippen LogP contribution in [0, 0.1) is 24.5 Å². The van der Waals surface area contributed by atoms with Crippen molar-refractivity contribution >= 4 is 11.7 Å². The number of halogens is 2. The number of aryl methyl sites for hydroxylation is 1. The predicted molar refractivity (Wildman–Crippen MR) is 58.9 cm³/mol. The Labute approximate surface area is 97.5 Å². The summed E-state index contributed by atoms with van der Waals surface area (Å²) in [6, 6.07) is 2.14. The lowest BCUT2D eigenvalue weighted by molar-refractivity contribution is -0.144. The largest absolute Gasteiger partial charge is 0.481 e. The Kier molecular flexibility index (Phi) is 3.00. The summed E-state index contributed by atoms with van der Waals surface area (Å²) in [5.41, 5.74) is 0.112. The van der Waals surface area contributed by atoms with Gasteiger partial charge in [-0.1, -0.05) is 6.07 Å². The van der Waals surface area contributed by atoms with Crippen LogP contribution in [-0.4, -0.2) is 17.1 Å². The number of hydrogen-bond donors (Lipinski definition) is 2. The summed E-state index contributed by atoms with van der Waals surface area (Å²) < 4.78 is 27.1. The van der Waals surface area contributed by atoms with Gasteiger partial charge in [0.1, 0.15) is 11.5 Å². The van der Waals surface area contributed by atoms with Gasteiger partial charge in [0.15, 0.2) is 5.82 Å². The molecule has 0 aromatic heterocycles. The summed E-state index contributed by atoms with van der Waals surface area (Å²) >= 11 is 0. The van der Waals surface area contributed by atoms with E-state index >= 15 is 0 Å². The van der Waals surface area contributed by atoms with E-state index in [4.69, 9.17) is 5.11 Å². The third-order valence-corrected chi connectivity index (χ3v) is 3.21. The van der Waals surface area contributed by atoms with Gasteiger partial charge in [-0.15, -0.1) is 0 Å². The molecule has 1 aromatic rings. The number of anilines is 1. The second-order valence-electron chi connectivity index (χ2n) is 4.33. The molecule has 3 nitrogen and oxygen atoms in total. The van der Waals surface area contributed by atoms with Crippen molar-refractivity contribution in [3.05, 3.63) is 29.3 Å². The Balaban J connectivity index is 2.19. The molecule has 2 unspecified atom stereocenters. The van der Waals surface area contributed by atoms with Gasteiger partial charge in [0, 0.05) is 6.04 Å². The molecule has 1 aliphatic carbocycles. The van der Waals surface area contributed by atoms with E-state index in [1.165, 1.54) is 19.1 Å². The van der Waals surface area contributed by atoms with Crippen LogP contribution in [0.25, 0.3) is 0 Å². The molecule has 5 heteroatoms. The molecule has 0 spiro atoms. The lowest BCUT2D eigenvalue weighted by Gasteiger charge is -2.34. The highest BCUT2D eigenvalue weighted by atomic mass is 19.1. The average Bonchev–Trinajstić information content (AvgIpc) is 2.21. The van der Waals surface area contributed by atoms with Crippen LogP contribution < -0.4 is 5.32 Å². The third kappa shape index (κ3) is 2.09. The topological polar surface area (TPSA) is 49.3 Å². The van der Waals surface area contributed by atoms with E-state index in [2.05, 4.69) is 5.32 Å². The lowest BCUT2D eigenvalue weighted by atomic mass is 9.79. The van der Waals surface area contributed by atoms with Crippen LogP contribution in [0.5, 0.6) is 0 Å². The van der Waals surface area contributed by atoms with Crippen LogP contribution in [0.15, 0.2) is 12.1 Å². The van der Waals surface area contributed by atoms with E-state index in [-0.39, 0.29) is 5.69 Å². The molecule has 0 aliphatic heterocycles. The van der Waals surface area contributed by atoms with Crippen molar-refractivity contribution in [3.63, 3.8) is 0 Å². The molecule has 2 atom stereocenters. The molecule has 0 heterocycles. The zero-order valence-corrected chi connectivity index (χ0v) is 9.34.